The third kappa shape index (κ3) is 3.23. The van der Waals surface area contributed by atoms with Crippen molar-refractivity contribution in [2.24, 2.45) is 5.73 Å². The Hall–Kier alpha value is -2.00. The van der Waals surface area contributed by atoms with E-state index in [1.807, 2.05) is 0 Å². The molecule has 0 bridgehead atoms. The van der Waals surface area contributed by atoms with Gasteiger partial charge in [-0.05, 0) is 12.8 Å². The number of nitrogens with two attached hydrogens (primary N) is 2. The van der Waals surface area contributed by atoms with E-state index in [-0.39, 0.29) is 46.7 Å². The Morgan fingerprint density at radius 1 is 1.26 bits per heavy atom. The van der Waals surface area contributed by atoms with Gasteiger partial charge in [0, 0.05) is 54.9 Å². The summed E-state index contributed by atoms with van der Waals surface area (Å²) in [5.74, 6) is -1.15. The lowest BCUT2D eigenvalue weighted by molar-refractivity contribution is -0.132. The van der Waals surface area contributed by atoms with Gasteiger partial charge in [-0.15, -0.1) is 0 Å². The molecule has 3 aliphatic rings. The number of anilines is 3. The molecule has 1 atom stereocenters. The minimum Gasteiger partial charge on any atom is -0.478 e. The molecule has 0 spiro atoms. The van der Waals surface area contributed by atoms with E-state index >= 15 is 8.78 Å². The first-order chi connectivity index (χ1) is 12.9. The molecule has 0 amide bonds. The van der Waals surface area contributed by atoms with Crippen molar-refractivity contribution in [3.8, 4) is 0 Å². The first-order valence-electron chi connectivity index (χ1n) is 8.98. The molecule has 146 valence electrons. The van der Waals surface area contributed by atoms with Crippen LogP contribution in [0, 0.1) is 11.6 Å². The normalized spacial score (nSPS) is 22.9. The van der Waals surface area contributed by atoms with Crippen LogP contribution in [0.15, 0.2) is 11.8 Å². The first kappa shape index (κ1) is 18.4. The highest BCUT2D eigenvalue weighted by Gasteiger charge is 2.39. The number of nitrogens with zero attached hydrogens (tertiary/aromatic N) is 2. The van der Waals surface area contributed by atoms with Crippen molar-refractivity contribution in [1.29, 1.82) is 0 Å². The van der Waals surface area contributed by atoms with Crippen LogP contribution in [0.4, 0.5) is 25.8 Å². The fraction of sp³-hybridized carbons (Fsp3) is 0.500. The van der Waals surface area contributed by atoms with Crippen molar-refractivity contribution in [3.05, 3.63) is 29.0 Å². The number of thioether (sulfide) groups is 1. The van der Waals surface area contributed by atoms with Crippen molar-refractivity contribution in [3.63, 3.8) is 0 Å². The molecule has 2 heterocycles. The molecule has 5 N–H and O–H groups in total. The molecule has 1 saturated heterocycles. The molecule has 4 rings (SSSR count). The van der Waals surface area contributed by atoms with Crippen LogP contribution in [0.3, 0.4) is 0 Å². The molecule has 1 aromatic carbocycles. The third-order valence-corrected chi connectivity index (χ3v) is 6.35. The second-order valence-electron chi connectivity index (χ2n) is 7.27. The summed E-state index contributed by atoms with van der Waals surface area (Å²) >= 11 is 1.66. The fourth-order valence-electron chi connectivity index (χ4n) is 3.73. The molecule has 2 fully saturated rings. The SMILES string of the molecule is Nc1c(F)c(N2CCSCC(N)C2)c(F)c2c1CC(C(=O)O)=CN2C1CC1. The Bertz CT molecular complexity index is 828. The topological polar surface area (TPSA) is 95.8 Å². The molecule has 1 unspecified atom stereocenters. The zero-order valence-electron chi connectivity index (χ0n) is 14.8. The summed E-state index contributed by atoms with van der Waals surface area (Å²) in [4.78, 5) is 14.7. The highest BCUT2D eigenvalue weighted by molar-refractivity contribution is 7.99. The predicted octanol–water partition coefficient (Wildman–Crippen LogP) is 1.92. The number of benzene rings is 1. The zero-order chi connectivity index (χ0) is 19.3. The summed E-state index contributed by atoms with van der Waals surface area (Å²) in [7, 11) is 0. The Morgan fingerprint density at radius 3 is 2.67 bits per heavy atom. The summed E-state index contributed by atoms with van der Waals surface area (Å²) in [6.45, 7) is 0.822. The van der Waals surface area contributed by atoms with E-state index in [9.17, 15) is 9.90 Å². The van der Waals surface area contributed by atoms with Gasteiger partial charge in [0.25, 0.3) is 0 Å². The molecule has 1 aliphatic carbocycles. The quantitative estimate of drug-likeness (QED) is 0.672. The van der Waals surface area contributed by atoms with Crippen LogP contribution in [0.25, 0.3) is 0 Å². The van der Waals surface area contributed by atoms with Gasteiger partial charge in [0.1, 0.15) is 5.69 Å². The van der Waals surface area contributed by atoms with Gasteiger partial charge in [-0.3, -0.25) is 0 Å². The van der Waals surface area contributed by atoms with Crippen LogP contribution >= 0.6 is 11.8 Å². The molecular weight excluding hydrogens is 374 g/mol. The number of carboxylic acids is 1. The van der Waals surface area contributed by atoms with Gasteiger partial charge in [0.05, 0.1) is 16.9 Å². The number of nitrogen functional groups attached to an aromatic ring is 1. The lowest BCUT2D eigenvalue weighted by atomic mass is 9.95. The molecular formula is C18H22F2N4O2S. The van der Waals surface area contributed by atoms with Gasteiger partial charge in [-0.1, -0.05) is 0 Å². The summed E-state index contributed by atoms with van der Waals surface area (Å²) in [5.41, 5.74) is 12.3. The minimum atomic E-state index is -1.11. The highest BCUT2D eigenvalue weighted by atomic mass is 32.2. The summed E-state index contributed by atoms with van der Waals surface area (Å²) in [6, 6.07) is -0.167. The summed E-state index contributed by atoms with van der Waals surface area (Å²) in [5, 5.41) is 9.38. The number of halogens is 2. The average Bonchev–Trinajstić information content (AvgIpc) is 3.47. The van der Waals surface area contributed by atoms with E-state index < -0.39 is 17.6 Å². The number of aliphatic carboxylic acids is 1. The Labute approximate surface area is 160 Å². The van der Waals surface area contributed by atoms with Gasteiger partial charge >= 0.3 is 5.97 Å². The largest absolute Gasteiger partial charge is 0.478 e. The molecule has 9 heteroatoms. The number of rotatable bonds is 3. The number of fused-ring (bicyclic) bond motifs is 1. The average molecular weight is 396 g/mol. The fourth-order valence-corrected chi connectivity index (χ4v) is 4.66. The van der Waals surface area contributed by atoms with Gasteiger partial charge in [0.2, 0.25) is 0 Å². The maximum Gasteiger partial charge on any atom is 0.333 e. The molecule has 1 aromatic rings. The van der Waals surface area contributed by atoms with Gasteiger partial charge < -0.3 is 26.4 Å². The Balaban J connectivity index is 1.85. The van der Waals surface area contributed by atoms with Crippen molar-refractivity contribution in [2.75, 3.05) is 40.1 Å². The lowest BCUT2D eigenvalue weighted by Crippen LogP contribution is -2.39. The molecule has 0 aromatic heterocycles. The van der Waals surface area contributed by atoms with E-state index in [0.29, 0.717) is 13.1 Å². The molecule has 0 radical (unpaired) electrons. The zero-order valence-corrected chi connectivity index (χ0v) is 15.6. The van der Waals surface area contributed by atoms with Crippen LogP contribution in [0.2, 0.25) is 0 Å². The van der Waals surface area contributed by atoms with Crippen LogP contribution < -0.4 is 21.3 Å². The summed E-state index contributed by atoms with van der Waals surface area (Å²) in [6.07, 6.45) is 3.04. The van der Waals surface area contributed by atoms with Crippen molar-refractivity contribution in [2.45, 2.75) is 31.3 Å². The molecule has 1 saturated carbocycles. The standard InChI is InChI=1S/C18H22F2N4O2S/c19-13-15(22)12-5-9(18(25)26)6-24(11-1-2-11)16(12)14(20)17(13)23-3-4-27-8-10(21)7-23/h6,10-11H,1-5,7-8,21-22H2,(H,25,26). The van der Waals surface area contributed by atoms with Crippen LogP contribution in [0.1, 0.15) is 18.4 Å². The van der Waals surface area contributed by atoms with Gasteiger partial charge in [-0.25, -0.2) is 13.6 Å². The molecule has 2 aliphatic heterocycles. The van der Waals surface area contributed by atoms with E-state index in [2.05, 4.69) is 0 Å². The second-order valence-corrected chi connectivity index (χ2v) is 8.42. The maximum absolute atomic E-state index is 15.6. The number of hydrogen-bond acceptors (Lipinski definition) is 6. The minimum absolute atomic E-state index is 0.0209. The number of hydrogen-bond donors (Lipinski definition) is 3. The number of carboxylic acid groups (broad SMARTS) is 1. The highest BCUT2D eigenvalue weighted by Crippen LogP contribution is 2.46. The monoisotopic (exact) mass is 396 g/mol. The van der Waals surface area contributed by atoms with E-state index in [1.165, 1.54) is 6.20 Å². The van der Waals surface area contributed by atoms with Crippen molar-refractivity contribution < 1.29 is 18.7 Å². The van der Waals surface area contributed by atoms with Crippen LogP contribution in [0.5, 0.6) is 0 Å². The molecule has 6 nitrogen and oxygen atoms in total. The van der Waals surface area contributed by atoms with E-state index in [0.717, 1.165) is 24.3 Å². The number of carbonyl (C=O) groups is 1. The molecule has 27 heavy (non-hydrogen) atoms. The van der Waals surface area contributed by atoms with Crippen LogP contribution in [-0.2, 0) is 11.2 Å². The Morgan fingerprint density at radius 2 is 2.00 bits per heavy atom. The third-order valence-electron chi connectivity index (χ3n) is 5.22. The van der Waals surface area contributed by atoms with Gasteiger partial charge in [0.15, 0.2) is 11.6 Å². The predicted molar refractivity (Wildman–Crippen MR) is 103 cm³/mol. The smallest absolute Gasteiger partial charge is 0.333 e. The maximum atomic E-state index is 15.6. The lowest BCUT2D eigenvalue weighted by Gasteiger charge is -2.33. The van der Waals surface area contributed by atoms with E-state index in [1.54, 1.807) is 21.6 Å². The van der Waals surface area contributed by atoms with Crippen molar-refractivity contribution >= 4 is 34.8 Å². The first-order valence-corrected chi connectivity index (χ1v) is 10.1. The van der Waals surface area contributed by atoms with E-state index in [4.69, 9.17) is 11.5 Å². The summed E-state index contributed by atoms with van der Waals surface area (Å²) < 4.78 is 30.7. The Kier molecular flexibility index (Phi) is 4.67. The second kappa shape index (κ2) is 6.87. The van der Waals surface area contributed by atoms with Gasteiger partial charge in [-0.2, -0.15) is 11.8 Å². The van der Waals surface area contributed by atoms with Crippen LogP contribution in [-0.4, -0.2) is 47.8 Å². The van der Waals surface area contributed by atoms with Crippen molar-refractivity contribution in [1.82, 2.24) is 0 Å².